The molecule has 2 aromatic heterocycles. The molecule has 1 N–H and O–H groups in total. The zero-order chi connectivity index (χ0) is 13.2. The van der Waals surface area contributed by atoms with Gasteiger partial charge in [0.15, 0.2) is 0 Å². The van der Waals surface area contributed by atoms with Crippen LogP contribution in [0.1, 0.15) is 36.0 Å². The van der Waals surface area contributed by atoms with E-state index < -0.39 is 0 Å². The van der Waals surface area contributed by atoms with E-state index in [1.54, 1.807) is 6.33 Å². The molecular formula is C15H20N4. The second kappa shape index (κ2) is 5.13. The molecule has 0 saturated heterocycles. The van der Waals surface area contributed by atoms with E-state index in [2.05, 4.69) is 46.0 Å². The summed E-state index contributed by atoms with van der Waals surface area (Å²) in [4.78, 5) is 14.5. The van der Waals surface area contributed by atoms with Crippen LogP contribution < -0.4 is 0 Å². The van der Waals surface area contributed by atoms with Crippen LogP contribution in [0.15, 0.2) is 30.7 Å². The largest absolute Gasteiger partial charge is 0.348 e. The summed E-state index contributed by atoms with van der Waals surface area (Å²) >= 11 is 0. The molecule has 2 heterocycles. The van der Waals surface area contributed by atoms with Gasteiger partial charge in [-0.25, -0.2) is 4.98 Å². The third-order valence-corrected chi connectivity index (χ3v) is 3.87. The first-order valence-electron chi connectivity index (χ1n) is 6.85. The number of aryl methyl sites for hydroxylation is 1. The van der Waals surface area contributed by atoms with Gasteiger partial charge in [0.25, 0.3) is 0 Å². The molecule has 0 radical (unpaired) electrons. The molecule has 2 aromatic rings. The molecule has 0 amide bonds. The van der Waals surface area contributed by atoms with Crippen molar-refractivity contribution in [2.45, 2.75) is 32.4 Å². The molecule has 4 nitrogen and oxygen atoms in total. The number of hydrogen-bond acceptors (Lipinski definition) is 3. The van der Waals surface area contributed by atoms with Crippen molar-refractivity contribution >= 4 is 0 Å². The zero-order valence-corrected chi connectivity index (χ0v) is 11.5. The highest BCUT2D eigenvalue weighted by atomic mass is 15.2. The summed E-state index contributed by atoms with van der Waals surface area (Å²) in [5, 5.41) is 0. The van der Waals surface area contributed by atoms with Gasteiger partial charge >= 0.3 is 0 Å². The average Bonchev–Trinajstić information content (AvgIpc) is 3.16. The number of nitrogens with zero attached hydrogens (tertiary/aromatic N) is 3. The van der Waals surface area contributed by atoms with Gasteiger partial charge < -0.3 is 4.98 Å². The lowest BCUT2D eigenvalue weighted by molar-refractivity contribution is 0.205. The zero-order valence-electron chi connectivity index (χ0n) is 11.5. The Labute approximate surface area is 113 Å². The number of rotatable bonds is 5. The van der Waals surface area contributed by atoms with Crippen LogP contribution in [0.4, 0.5) is 0 Å². The van der Waals surface area contributed by atoms with Crippen molar-refractivity contribution in [3.05, 3.63) is 47.8 Å². The Hall–Kier alpha value is -1.68. The fourth-order valence-corrected chi connectivity index (χ4v) is 2.67. The van der Waals surface area contributed by atoms with Crippen LogP contribution in [-0.2, 0) is 6.54 Å². The van der Waals surface area contributed by atoms with Gasteiger partial charge in [0.05, 0.1) is 23.8 Å². The SMILES string of the molecule is Cc1[nH]cnc1CN(C)[C@H](c1ccccn1)C1CC1. The highest BCUT2D eigenvalue weighted by Gasteiger charge is 2.35. The maximum atomic E-state index is 4.54. The van der Waals surface area contributed by atoms with Crippen LogP contribution >= 0.6 is 0 Å². The monoisotopic (exact) mass is 256 g/mol. The molecule has 1 aliphatic carbocycles. The van der Waals surface area contributed by atoms with E-state index in [0.717, 1.165) is 23.9 Å². The summed E-state index contributed by atoms with van der Waals surface area (Å²) in [5.74, 6) is 0.749. The first kappa shape index (κ1) is 12.4. The summed E-state index contributed by atoms with van der Waals surface area (Å²) in [5.41, 5.74) is 3.46. The predicted molar refractivity (Wildman–Crippen MR) is 74.5 cm³/mol. The lowest BCUT2D eigenvalue weighted by Gasteiger charge is -2.27. The van der Waals surface area contributed by atoms with Gasteiger partial charge in [-0.1, -0.05) is 6.07 Å². The smallest absolute Gasteiger partial charge is 0.0925 e. The maximum absolute atomic E-state index is 4.54. The van der Waals surface area contributed by atoms with Crippen LogP contribution in [0.5, 0.6) is 0 Å². The van der Waals surface area contributed by atoms with Gasteiger partial charge in [-0.3, -0.25) is 9.88 Å². The lowest BCUT2D eigenvalue weighted by Crippen LogP contribution is -2.27. The molecule has 0 aromatic carbocycles. The molecule has 0 bridgehead atoms. The number of H-pyrrole nitrogens is 1. The van der Waals surface area contributed by atoms with E-state index in [9.17, 15) is 0 Å². The van der Waals surface area contributed by atoms with E-state index in [1.165, 1.54) is 18.5 Å². The van der Waals surface area contributed by atoms with Crippen molar-refractivity contribution in [1.29, 1.82) is 0 Å². The first-order valence-corrected chi connectivity index (χ1v) is 6.85. The Morgan fingerprint density at radius 2 is 2.21 bits per heavy atom. The quantitative estimate of drug-likeness (QED) is 0.894. The van der Waals surface area contributed by atoms with Crippen molar-refractivity contribution in [2.24, 2.45) is 5.92 Å². The third kappa shape index (κ3) is 2.68. The molecule has 19 heavy (non-hydrogen) atoms. The van der Waals surface area contributed by atoms with Crippen molar-refractivity contribution in [1.82, 2.24) is 19.9 Å². The molecule has 3 rings (SSSR count). The van der Waals surface area contributed by atoms with E-state index in [4.69, 9.17) is 0 Å². The minimum Gasteiger partial charge on any atom is -0.348 e. The predicted octanol–water partition coefficient (Wildman–Crippen LogP) is 2.70. The fraction of sp³-hybridized carbons (Fsp3) is 0.467. The second-order valence-corrected chi connectivity index (χ2v) is 5.43. The van der Waals surface area contributed by atoms with Crippen molar-refractivity contribution < 1.29 is 0 Å². The molecule has 1 aliphatic rings. The number of imidazole rings is 1. The summed E-state index contributed by atoms with van der Waals surface area (Å²) in [6.07, 6.45) is 6.28. The summed E-state index contributed by atoms with van der Waals surface area (Å²) < 4.78 is 0. The minimum atomic E-state index is 0.414. The van der Waals surface area contributed by atoms with Gasteiger partial charge in [0, 0.05) is 18.4 Å². The third-order valence-electron chi connectivity index (χ3n) is 3.87. The Morgan fingerprint density at radius 3 is 2.79 bits per heavy atom. The van der Waals surface area contributed by atoms with Crippen molar-refractivity contribution in [3.8, 4) is 0 Å². The molecule has 0 aliphatic heterocycles. The van der Waals surface area contributed by atoms with Gasteiger partial charge in [-0.2, -0.15) is 0 Å². The van der Waals surface area contributed by atoms with Gasteiger partial charge in [0.1, 0.15) is 0 Å². The minimum absolute atomic E-state index is 0.414. The normalized spacial score (nSPS) is 16.8. The number of hydrogen-bond donors (Lipinski definition) is 1. The molecule has 100 valence electrons. The molecule has 1 atom stereocenters. The topological polar surface area (TPSA) is 44.8 Å². The van der Waals surface area contributed by atoms with Crippen molar-refractivity contribution in [3.63, 3.8) is 0 Å². The Morgan fingerprint density at radius 1 is 1.37 bits per heavy atom. The van der Waals surface area contributed by atoms with Gasteiger partial charge in [-0.05, 0) is 44.9 Å². The van der Waals surface area contributed by atoms with Crippen LogP contribution in [-0.4, -0.2) is 26.9 Å². The molecule has 1 fully saturated rings. The van der Waals surface area contributed by atoms with Crippen LogP contribution in [0.2, 0.25) is 0 Å². The Balaban J connectivity index is 1.79. The Kier molecular flexibility index (Phi) is 3.34. The maximum Gasteiger partial charge on any atom is 0.0925 e. The molecule has 0 spiro atoms. The fourth-order valence-electron chi connectivity index (χ4n) is 2.67. The second-order valence-electron chi connectivity index (χ2n) is 5.43. The lowest BCUT2D eigenvalue weighted by atomic mass is 10.1. The number of aromatic nitrogens is 3. The van der Waals surface area contributed by atoms with E-state index in [1.807, 2.05) is 12.3 Å². The number of nitrogens with one attached hydrogen (secondary N) is 1. The summed E-state index contributed by atoms with van der Waals surface area (Å²) in [7, 11) is 2.17. The number of pyridine rings is 1. The van der Waals surface area contributed by atoms with Crippen LogP contribution in [0.25, 0.3) is 0 Å². The standard InChI is InChI=1S/C15H20N4/c1-11-14(18-10-17-11)9-19(2)15(12-6-7-12)13-5-3-4-8-16-13/h3-5,8,10,12,15H,6-7,9H2,1-2H3,(H,17,18)/t15-/m0/s1. The highest BCUT2D eigenvalue weighted by molar-refractivity contribution is 5.14. The molecule has 1 saturated carbocycles. The molecule has 0 unspecified atom stereocenters. The van der Waals surface area contributed by atoms with E-state index in [0.29, 0.717) is 6.04 Å². The molecule has 4 heteroatoms. The number of aromatic amines is 1. The molecular weight excluding hydrogens is 236 g/mol. The van der Waals surface area contributed by atoms with Crippen LogP contribution in [0.3, 0.4) is 0 Å². The van der Waals surface area contributed by atoms with Gasteiger partial charge in [0.2, 0.25) is 0 Å². The summed E-state index contributed by atoms with van der Waals surface area (Å²) in [6.45, 7) is 2.94. The van der Waals surface area contributed by atoms with Crippen LogP contribution in [0, 0.1) is 12.8 Å². The average molecular weight is 256 g/mol. The summed E-state index contributed by atoms with van der Waals surface area (Å²) in [6, 6.07) is 6.60. The van der Waals surface area contributed by atoms with E-state index >= 15 is 0 Å². The van der Waals surface area contributed by atoms with Crippen molar-refractivity contribution in [2.75, 3.05) is 7.05 Å². The highest BCUT2D eigenvalue weighted by Crippen LogP contribution is 2.43. The van der Waals surface area contributed by atoms with Gasteiger partial charge in [-0.15, -0.1) is 0 Å². The Bertz CT molecular complexity index is 530. The van der Waals surface area contributed by atoms with E-state index in [-0.39, 0.29) is 0 Å². The first-order chi connectivity index (χ1) is 9.25.